The van der Waals surface area contributed by atoms with E-state index in [0.29, 0.717) is 5.92 Å². The second-order valence-corrected chi connectivity index (χ2v) is 5.11. The van der Waals surface area contributed by atoms with E-state index in [-0.39, 0.29) is 17.1 Å². The Balaban J connectivity index is 0.000000313. The normalized spacial score (nSPS) is 14.0. The van der Waals surface area contributed by atoms with Gasteiger partial charge in [-0.15, -0.1) is 12.8 Å². The van der Waals surface area contributed by atoms with Gasteiger partial charge in [-0.05, 0) is 17.9 Å². The van der Waals surface area contributed by atoms with E-state index >= 15 is 0 Å². The molecule has 0 aromatic heterocycles. The summed E-state index contributed by atoms with van der Waals surface area (Å²) in [5.41, 5.74) is 2.90. The molecule has 3 rings (SSSR count). The summed E-state index contributed by atoms with van der Waals surface area (Å²) in [6.07, 6.45) is 11.1. The summed E-state index contributed by atoms with van der Waals surface area (Å²) < 4.78 is 0. The van der Waals surface area contributed by atoms with E-state index in [4.69, 9.17) is 0 Å². The summed E-state index contributed by atoms with van der Waals surface area (Å²) in [6, 6.07) is 20.8. The molecular weight excluding hydrogens is 296 g/mol. The summed E-state index contributed by atoms with van der Waals surface area (Å²) in [5.74, 6) is 0.654. The molecule has 0 amide bonds. The van der Waals surface area contributed by atoms with Crippen LogP contribution in [0.25, 0.3) is 0 Å². The van der Waals surface area contributed by atoms with Gasteiger partial charge in [0.1, 0.15) is 0 Å². The third-order valence-electron chi connectivity index (χ3n) is 3.52. The van der Waals surface area contributed by atoms with E-state index in [2.05, 4.69) is 62.6 Å². The summed E-state index contributed by atoms with van der Waals surface area (Å²) in [5, 5.41) is 0. The predicted molar refractivity (Wildman–Crippen MR) is 87.1 cm³/mol. The Morgan fingerprint density at radius 3 is 2.24 bits per heavy atom. The predicted octanol–water partition coefficient (Wildman–Crippen LogP) is 5.53. The van der Waals surface area contributed by atoms with Crippen LogP contribution in [-0.4, -0.2) is 0 Å². The van der Waals surface area contributed by atoms with Crippen molar-refractivity contribution in [3.05, 3.63) is 97.1 Å². The van der Waals surface area contributed by atoms with E-state index < -0.39 is 0 Å². The minimum atomic E-state index is 0. The first-order valence-electron chi connectivity index (χ1n) is 7.28. The van der Waals surface area contributed by atoms with Crippen LogP contribution in [0.15, 0.2) is 72.3 Å². The maximum atomic E-state index is 2.30. The van der Waals surface area contributed by atoms with Gasteiger partial charge in [0.25, 0.3) is 0 Å². The molecule has 0 bridgehead atoms. The Labute approximate surface area is 140 Å². The van der Waals surface area contributed by atoms with E-state index in [0.717, 1.165) is 0 Å². The first kappa shape index (κ1) is 17.8. The second kappa shape index (κ2) is 10.4. The van der Waals surface area contributed by atoms with E-state index in [1.165, 1.54) is 24.0 Å². The monoisotopic (exact) mass is 318 g/mol. The largest absolute Gasteiger partial charge is 2.00 e. The summed E-state index contributed by atoms with van der Waals surface area (Å²) in [7, 11) is 0. The fourth-order valence-corrected chi connectivity index (χ4v) is 2.23. The average Bonchev–Trinajstić information content (AvgIpc) is 3.21. The van der Waals surface area contributed by atoms with Crippen LogP contribution in [0, 0.1) is 19.3 Å². The molecule has 0 nitrogen and oxygen atoms in total. The maximum Gasteiger partial charge on any atom is 2.00 e. The first-order chi connectivity index (χ1) is 9.86. The molecule has 0 N–H and O–H groups in total. The van der Waals surface area contributed by atoms with Crippen molar-refractivity contribution in [2.45, 2.75) is 25.7 Å². The zero-order chi connectivity index (χ0) is 14.0. The molecule has 1 aliphatic carbocycles. The van der Waals surface area contributed by atoms with Crippen molar-refractivity contribution < 1.29 is 17.1 Å². The Morgan fingerprint density at radius 2 is 1.71 bits per heavy atom. The molecule has 0 saturated heterocycles. The van der Waals surface area contributed by atoms with Gasteiger partial charge in [0.15, 0.2) is 0 Å². The molecule has 2 aromatic rings. The number of hydrogen-bond donors (Lipinski definition) is 0. The van der Waals surface area contributed by atoms with Crippen molar-refractivity contribution in [2.75, 3.05) is 0 Å². The van der Waals surface area contributed by atoms with Gasteiger partial charge >= 0.3 is 17.1 Å². The molecule has 0 heterocycles. The Hall–Kier alpha value is -1.30. The molecule has 1 aliphatic rings. The van der Waals surface area contributed by atoms with Crippen LogP contribution in [-0.2, 0) is 17.1 Å². The summed E-state index contributed by atoms with van der Waals surface area (Å²) in [4.78, 5) is 0. The molecule has 0 spiro atoms. The number of allylic oxidation sites excluding steroid dienone is 2. The molecule has 1 atom stereocenters. The van der Waals surface area contributed by atoms with Crippen LogP contribution in [0.2, 0.25) is 0 Å². The average molecular weight is 318 g/mol. The topological polar surface area (TPSA) is 0 Å². The van der Waals surface area contributed by atoms with Gasteiger partial charge in [-0.3, -0.25) is 0 Å². The van der Waals surface area contributed by atoms with Crippen LogP contribution in [0.3, 0.4) is 0 Å². The molecule has 0 saturated carbocycles. The molecule has 2 radical (unpaired) electrons. The van der Waals surface area contributed by atoms with Crippen molar-refractivity contribution in [1.29, 1.82) is 0 Å². The van der Waals surface area contributed by atoms with Gasteiger partial charge in [-0.2, -0.15) is 18.2 Å². The van der Waals surface area contributed by atoms with Crippen molar-refractivity contribution in [2.24, 2.45) is 0 Å². The summed E-state index contributed by atoms with van der Waals surface area (Å²) in [6.45, 7) is 2.30. The number of rotatable bonds is 4. The van der Waals surface area contributed by atoms with Crippen molar-refractivity contribution >= 4 is 0 Å². The fraction of sp³-hybridized carbons (Fsp3) is 0.200. The molecule has 1 unspecified atom stereocenters. The van der Waals surface area contributed by atoms with Gasteiger partial charge in [-0.25, -0.2) is 30.2 Å². The molecule has 0 fully saturated rings. The number of benzene rings is 1. The second-order valence-electron chi connectivity index (χ2n) is 5.11. The van der Waals surface area contributed by atoms with Crippen LogP contribution in [0.5, 0.6) is 0 Å². The Morgan fingerprint density at radius 1 is 1.00 bits per heavy atom. The van der Waals surface area contributed by atoms with E-state index in [1.807, 2.05) is 30.3 Å². The minimum absolute atomic E-state index is 0. The third-order valence-corrected chi connectivity index (χ3v) is 3.52. The van der Waals surface area contributed by atoms with Crippen molar-refractivity contribution in [3.63, 3.8) is 0 Å². The molecule has 110 valence electrons. The first-order valence-corrected chi connectivity index (χ1v) is 7.28. The van der Waals surface area contributed by atoms with Gasteiger partial charge in [0.2, 0.25) is 0 Å². The van der Waals surface area contributed by atoms with Gasteiger partial charge in [0.05, 0.1) is 0 Å². The number of hydrogen-bond acceptors (Lipinski definition) is 0. The van der Waals surface area contributed by atoms with Gasteiger partial charge in [-0.1, -0.05) is 43.7 Å². The minimum Gasteiger partial charge on any atom is -0.226 e. The standard InChI is InChI=1S/C15H17.C5H5.Fe/c1-13(15-9-3-2-4-10-15)11-12-14-7-5-6-8-14;1-2-4-5-3-1;/h2-10,13H,11-12H2,1H3;1-5H;/q2*-1;+2. The van der Waals surface area contributed by atoms with Crippen LogP contribution >= 0.6 is 0 Å². The van der Waals surface area contributed by atoms with Gasteiger partial charge < -0.3 is 0 Å². The maximum absolute atomic E-state index is 2.30. The molecule has 21 heavy (non-hydrogen) atoms. The molecule has 1 heteroatoms. The zero-order valence-electron chi connectivity index (χ0n) is 12.4. The zero-order valence-corrected chi connectivity index (χ0v) is 13.5. The smallest absolute Gasteiger partial charge is 0.226 e. The van der Waals surface area contributed by atoms with E-state index in [1.54, 1.807) is 0 Å². The Kier molecular flexibility index (Phi) is 8.82. The van der Waals surface area contributed by atoms with Crippen LogP contribution in [0.1, 0.15) is 31.2 Å². The van der Waals surface area contributed by atoms with Crippen LogP contribution in [0.4, 0.5) is 0 Å². The third kappa shape index (κ3) is 6.80. The Bertz CT molecular complexity index is 465. The van der Waals surface area contributed by atoms with Gasteiger partial charge in [0, 0.05) is 0 Å². The fourth-order valence-electron chi connectivity index (χ4n) is 2.23. The SMILES string of the molecule is CC(CCC1=C[CH][CH][CH-]1)c1ccccc1.[Fe+2].c1cc[cH-]c1. The summed E-state index contributed by atoms with van der Waals surface area (Å²) >= 11 is 0. The molecule has 2 aromatic carbocycles. The van der Waals surface area contributed by atoms with Crippen molar-refractivity contribution in [1.82, 2.24) is 0 Å². The molecule has 0 aliphatic heterocycles. The van der Waals surface area contributed by atoms with Crippen LogP contribution < -0.4 is 0 Å². The van der Waals surface area contributed by atoms with Crippen molar-refractivity contribution in [3.8, 4) is 0 Å². The quantitative estimate of drug-likeness (QED) is 0.514. The van der Waals surface area contributed by atoms with E-state index in [9.17, 15) is 0 Å². The molecular formula is C20H22Fe.